The minimum Gasteiger partial charge on any atom is -0.494 e. The fraction of sp³-hybridized carbons (Fsp3) is 0.448. The Balaban J connectivity index is 1.05. The van der Waals surface area contributed by atoms with Crippen LogP contribution in [0.4, 0.5) is 0 Å². The number of nitrogens with zero attached hydrogens (tertiary/aromatic N) is 4. The van der Waals surface area contributed by atoms with Gasteiger partial charge in [-0.3, -0.25) is 29.3 Å². The summed E-state index contributed by atoms with van der Waals surface area (Å²) in [6.07, 6.45) is 2.80. The number of amides is 3. The Morgan fingerprint density at radius 1 is 1.00 bits per heavy atom. The van der Waals surface area contributed by atoms with Crippen LogP contribution in [-0.2, 0) is 21.4 Å². The van der Waals surface area contributed by atoms with Gasteiger partial charge < -0.3 is 14.4 Å². The van der Waals surface area contributed by atoms with Crippen molar-refractivity contribution in [3.05, 3.63) is 54.2 Å². The lowest BCUT2D eigenvalue weighted by molar-refractivity contribution is -0.135. The van der Waals surface area contributed by atoms with E-state index in [1.807, 2.05) is 54.4 Å². The van der Waals surface area contributed by atoms with E-state index in [1.165, 1.54) is 0 Å². The first-order valence-corrected chi connectivity index (χ1v) is 13.6. The molecule has 1 N–H and O–H groups in total. The normalized spacial score (nSPS) is 18.3. The highest BCUT2D eigenvalue weighted by Gasteiger charge is 2.31. The number of piperazine rings is 1. The van der Waals surface area contributed by atoms with E-state index in [1.54, 1.807) is 10.7 Å². The number of carbonyl (C=O) groups is 3. The molecule has 2 aliphatic heterocycles. The highest BCUT2D eigenvalue weighted by molar-refractivity contribution is 6.02. The largest absolute Gasteiger partial charge is 0.494 e. The first-order valence-electron chi connectivity index (χ1n) is 13.6. The zero-order valence-electron chi connectivity index (χ0n) is 22.3. The highest BCUT2D eigenvalue weighted by Crippen LogP contribution is 2.32. The molecule has 1 unspecified atom stereocenters. The van der Waals surface area contributed by atoms with E-state index in [2.05, 4.69) is 15.3 Å². The molecule has 10 heteroatoms. The standard InChI is InChI=1S/C29H35N5O5/c1-32-25-19-22(9-10-23(25)28(31-32)24-11-12-26(35)30-29(24)37)39-20-27(36)34-16-14-33(15-17-34)13-5-6-18-38-21-7-3-2-4-8-21/h2-4,7-10,19,24H,5-6,11-18,20H2,1H3,(H,30,35,37). The molecule has 3 amide bonds. The van der Waals surface area contributed by atoms with E-state index >= 15 is 0 Å². The minimum atomic E-state index is -0.457. The molecule has 0 aliphatic carbocycles. The summed E-state index contributed by atoms with van der Waals surface area (Å²) in [7, 11) is 1.81. The molecular formula is C29H35N5O5. The van der Waals surface area contributed by atoms with E-state index in [0.717, 1.165) is 49.1 Å². The molecule has 5 rings (SSSR count). The zero-order chi connectivity index (χ0) is 27.2. The second-order valence-electron chi connectivity index (χ2n) is 10.1. The molecule has 2 saturated heterocycles. The molecule has 2 aromatic carbocycles. The number of hydrogen-bond acceptors (Lipinski definition) is 7. The summed E-state index contributed by atoms with van der Waals surface area (Å²) in [4.78, 5) is 40.9. The van der Waals surface area contributed by atoms with Crippen LogP contribution in [0, 0.1) is 0 Å². The van der Waals surface area contributed by atoms with Crippen molar-refractivity contribution >= 4 is 28.6 Å². The van der Waals surface area contributed by atoms with E-state index < -0.39 is 5.92 Å². The van der Waals surface area contributed by atoms with Gasteiger partial charge in [0.1, 0.15) is 11.5 Å². The number of para-hydroxylation sites is 1. The van der Waals surface area contributed by atoms with Gasteiger partial charge in [0.15, 0.2) is 6.61 Å². The van der Waals surface area contributed by atoms with Crippen molar-refractivity contribution in [1.82, 2.24) is 24.9 Å². The van der Waals surface area contributed by atoms with Gasteiger partial charge in [-0.15, -0.1) is 0 Å². The summed E-state index contributed by atoms with van der Waals surface area (Å²) < 4.78 is 13.3. The first-order chi connectivity index (χ1) is 19.0. The number of unbranched alkanes of at least 4 members (excludes halogenated alkanes) is 1. The molecule has 3 heterocycles. The van der Waals surface area contributed by atoms with E-state index in [0.29, 0.717) is 44.0 Å². The third-order valence-electron chi connectivity index (χ3n) is 7.39. The Morgan fingerprint density at radius 3 is 2.56 bits per heavy atom. The molecule has 39 heavy (non-hydrogen) atoms. The number of imide groups is 1. The van der Waals surface area contributed by atoms with Gasteiger partial charge in [0.2, 0.25) is 11.8 Å². The van der Waals surface area contributed by atoms with Gasteiger partial charge in [0.25, 0.3) is 5.91 Å². The number of aromatic nitrogens is 2. The van der Waals surface area contributed by atoms with E-state index in [9.17, 15) is 14.4 Å². The second kappa shape index (κ2) is 12.3. The Morgan fingerprint density at radius 2 is 1.79 bits per heavy atom. The quantitative estimate of drug-likeness (QED) is 0.315. The Kier molecular flexibility index (Phi) is 8.41. The number of nitrogens with one attached hydrogen (secondary N) is 1. The van der Waals surface area contributed by atoms with Gasteiger partial charge in [-0.25, -0.2) is 0 Å². The lowest BCUT2D eigenvalue weighted by Crippen LogP contribution is -2.50. The van der Waals surface area contributed by atoms with E-state index in [-0.39, 0.29) is 24.3 Å². The summed E-state index contributed by atoms with van der Waals surface area (Å²) in [5, 5.41) is 7.79. The minimum absolute atomic E-state index is 0.0275. The average molecular weight is 534 g/mol. The Bertz CT molecular complexity index is 1320. The Labute approximate surface area is 227 Å². The number of fused-ring (bicyclic) bond motifs is 1. The molecule has 10 nitrogen and oxygen atoms in total. The first kappa shape index (κ1) is 26.7. The van der Waals surface area contributed by atoms with Crippen molar-refractivity contribution < 1.29 is 23.9 Å². The van der Waals surface area contributed by atoms with Gasteiger partial charge >= 0.3 is 0 Å². The van der Waals surface area contributed by atoms with Crippen LogP contribution in [-0.4, -0.2) is 83.2 Å². The molecule has 1 aromatic heterocycles. The predicted octanol–water partition coefficient (Wildman–Crippen LogP) is 2.48. The van der Waals surface area contributed by atoms with Crippen molar-refractivity contribution in [2.24, 2.45) is 7.05 Å². The lowest BCUT2D eigenvalue weighted by atomic mass is 9.93. The van der Waals surface area contributed by atoms with Crippen LogP contribution in [0.2, 0.25) is 0 Å². The van der Waals surface area contributed by atoms with Crippen molar-refractivity contribution in [3.63, 3.8) is 0 Å². The monoisotopic (exact) mass is 533 g/mol. The zero-order valence-corrected chi connectivity index (χ0v) is 22.3. The Hall–Kier alpha value is -3.92. The van der Waals surface area contributed by atoms with Gasteiger partial charge in [-0.1, -0.05) is 18.2 Å². The number of rotatable bonds is 10. The van der Waals surface area contributed by atoms with Gasteiger partial charge in [0.05, 0.1) is 23.7 Å². The molecular weight excluding hydrogens is 498 g/mol. The molecule has 2 fully saturated rings. The maximum absolute atomic E-state index is 12.8. The number of carbonyl (C=O) groups excluding carboxylic acids is 3. The van der Waals surface area contributed by atoms with Gasteiger partial charge in [-0.05, 0) is 50.1 Å². The maximum Gasteiger partial charge on any atom is 0.260 e. The third-order valence-corrected chi connectivity index (χ3v) is 7.39. The molecule has 3 aromatic rings. The third kappa shape index (κ3) is 6.57. The van der Waals surface area contributed by atoms with Crippen LogP contribution in [0.5, 0.6) is 11.5 Å². The van der Waals surface area contributed by atoms with Crippen LogP contribution in [0.15, 0.2) is 48.5 Å². The molecule has 1 atom stereocenters. The highest BCUT2D eigenvalue weighted by atomic mass is 16.5. The average Bonchev–Trinajstić information content (AvgIpc) is 3.27. The molecule has 2 aliphatic rings. The number of aryl methyl sites for hydroxylation is 1. The number of hydrogen-bond donors (Lipinski definition) is 1. The van der Waals surface area contributed by atoms with Crippen LogP contribution in [0.25, 0.3) is 10.9 Å². The van der Waals surface area contributed by atoms with Crippen molar-refractivity contribution in [2.45, 2.75) is 31.6 Å². The SMILES string of the molecule is Cn1nc(C2CCC(=O)NC2=O)c2ccc(OCC(=O)N3CCN(CCCCOc4ccccc4)CC3)cc21. The molecule has 0 spiro atoms. The van der Waals surface area contributed by atoms with Gasteiger partial charge in [0, 0.05) is 51.1 Å². The van der Waals surface area contributed by atoms with Crippen molar-refractivity contribution in [2.75, 3.05) is 45.9 Å². The summed E-state index contributed by atoms with van der Waals surface area (Å²) >= 11 is 0. The summed E-state index contributed by atoms with van der Waals surface area (Å²) in [5.74, 6) is 0.438. The molecule has 0 saturated carbocycles. The topological polar surface area (TPSA) is 106 Å². The summed E-state index contributed by atoms with van der Waals surface area (Å²) in [6.45, 7) is 4.79. The predicted molar refractivity (Wildman–Crippen MR) is 146 cm³/mol. The number of piperidine rings is 1. The molecule has 206 valence electrons. The molecule has 0 bridgehead atoms. The van der Waals surface area contributed by atoms with Crippen LogP contribution in [0.1, 0.15) is 37.3 Å². The van der Waals surface area contributed by atoms with Crippen LogP contribution >= 0.6 is 0 Å². The summed E-state index contributed by atoms with van der Waals surface area (Å²) in [6, 6.07) is 15.4. The van der Waals surface area contributed by atoms with Crippen molar-refractivity contribution in [1.29, 1.82) is 0 Å². The smallest absolute Gasteiger partial charge is 0.260 e. The van der Waals surface area contributed by atoms with Crippen LogP contribution in [0.3, 0.4) is 0 Å². The van der Waals surface area contributed by atoms with Gasteiger partial charge in [-0.2, -0.15) is 5.10 Å². The fourth-order valence-corrected chi connectivity index (χ4v) is 5.17. The second-order valence-corrected chi connectivity index (χ2v) is 10.1. The van der Waals surface area contributed by atoms with Crippen LogP contribution < -0.4 is 14.8 Å². The number of ether oxygens (including phenoxy) is 2. The number of benzene rings is 2. The lowest BCUT2D eigenvalue weighted by Gasteiger charge is -2.34. The summed E-state index contributed by atoms with van der Waals surface area (Å²) in [5.41, 5.74) is 1.46. The fourth-order valence-electron chi connectivity index (χ4n) is 5.17. The molecule has 0 radical (unpaired) electrons. The maximum atomic E-state index is 12.8. The van der Waals surface area contributed by atoms with E-state index in [4.69, 9.17) is 9.47 Å². The van der Waals surface area contributed by atoms with Crippen molar-refractivity contribution in [3.8, 4) is 11.5 Å².